The van der Waals surface area contributed by atoms with Crippen LogP contribution in [0, 0.1) is 6.92 Å². The van der Waals surface area contributed by atoms with Crippen LogP contribution in [0.1, 0.15) is 23.1 Å². The van der Waals surface area contributed by atoms with Gasteiger partial charge in [0, 0.05) is 49.5 Å². The van der Waals surface area contributed by atoms with Gasteiger partial charge < -0.3 is 15.1 Å². The second kappa shape index (κ2) is 7.70. The number of aromatic nitrogens is 2. The van der Waals surface area contributed by atoms with Gasteiger partial charge in [-0.3, -0.25) is 9.59 Å². The number of aryl methyl sites for hydroxylation is 1. The number of rotatable bonds is 3. The van der Waals surface area contributed by atoms with Crippen molar-refractivity contribution in [1.29, 1.82) is 0 Å². The lowest BCUT2D eigenvalue weighted by atomic mass is 10.2. The summed E-state index contributed by atoms with van der Waals surface area (Å²) in [7, 11) is 0. The van der Waals surface area contributed by atoms with Crippen molar-refractivity contribution in [3.8, 4) is 0 Å². The normalized spacial score (nSPS) is 14.3. The highest BCUT2D eigenvalue weighted by molar-refractivity contribution is 6.30. The molecule has 8 heteroatoms. The monoisotopic (exact) mass is 373 g/mol. The first kappa shape index (κ1) is 18.1. The molecule has 1 aromatic carbocycles. The molecule has 1 saturated heterocycles. The first-order chi connectivity index (χ1) is 12.4. The van der Waals surface area contributed by atoms with Gasteiger partial charge in [0.05, 0.1) is 0 Å². The Morgan fingerprint density at radius 2 is 1.85 bits per heavy atom. The highest BCUT2D eigenvalue weighted by Gasteiger charge is 2.22. The number of nitrogens with zero attached hydrogens (tertiary/aromatic N) is 4. The highest BCUT2D eigenvalue weighted by Crippen LogP contribution is 2.17. The zero-order valence-electron chi connectivity index (χ0n) is 14.7. The van der Waals surface area contributed by atoms with E-state index in [1.165, 1.54) is 0 Å². The zero-order valence-corrected chi connectivity index (χ0v) is 15.5. The van der Waals surface area contributed by atoms with E-state index >= 15 is 0 Å². The van der Waals surface area contributed by atoms with Gasteiger partial charge in [0.15, 0.2) is 0 Å². The molecule has 7 nitrogen and oxygen atoms in total. The van der Waals surface area contributed by atoms with Crippen LogP contribution >= 0.6 is 11.6 Å². The minimum Gasteiger partial charge on any atom is -0.339 e. The predicted octanol–water partition coefficient (Wildman–Crippen LogP) is 2.36. The van der Waals surface area contributed by atoms with Gasteiger partial charge in [-0.2, -0.15) is 0 Å². The van der Waals surface area contributed by atoms with Crippen LogP contribution < -0.4 is 10.2 Å². The zero-order chi connectivity index (χ0) is 18.7. The van der Waals surface area contributed by atoms with Gasteiger partial charge in [0.2, 0.25) is 11.9 Å². The summed E-state index contributed by atoms with van der Waals surface area (Å²) < 4.78 is 0. The fourth-order valence-corrected chi connectivity index (χ4v) is 2.98. The molecule has 2 amide bonds. The second-order valence-corrected chi connectivity index (χ2v) is 6.59. The smallest absolute Gasteiger partial charge is 0.274 e. The number of carbonyl (C=O) groups is 2. The molecule has 0 saturated carbocycles. The summed E-state index contributed by atoms with van der Waals surface area (Å²) in [5.41, 5.74) is 1.61. The lowest BCUT2D eigenvalue weighted by Crippen LogP contribution is -2.48. The molecular formula is C18H20ClN5O2. The lowest BCUT2D eigenvalue weighted by Gasteiger charge is -2.34. The first-order valence-corrected chi connectivity index (χ1v) is 8.73. The van der Waals surface area contributed by atoms with Gasteiger partial charge in [-0.25, -0.2) is 9.97 Å². The molecule has 0 radical (unpaired) electrons. The molecule has 26 heavy (non-hydrogen) atoms. The van der Waals surface area contributed by atoms with E-state index in [9.17, 15) is 9.59 Å². The lowest BCUT2D eigenvalue weighted by molar-refractivity contribution is -0.129. The number of piperazine rings is 1. The van der Waals surface area contributed by atoms with Crippen molar-refractivity contribution in [2.24, 2.45) is 0 Å². The third-order valence-electron chi connectivity index (χ3n) is 4.17. The molecule has 136 valence electrons. The SMILES string of the molecule is CC(=O)N1CCN(c2nc(C)cc(C(=O)Nc3cccc(Cl)c3)n2)CC1. The minimum atomic E-state index is -0.318. The Balaban J connectivity index is 1.75. The molecule has 3 rings (SSSR count). The molecule has 1 aliphatic heterocycles. The first-order valence-electron chi connectivity index (χ1n) is 8.35. The number of hydrogen-bond acceptors (Lipinski definition) is 5. The highest BCUT2D eigenvalue weighted by atomic mass is 35.5. The van der Waals surface area contributed by atoms with Crippen molar-refractivity contribution in [1.82, 2.24) is 14.9 Å². The van der Waals surface area contributed by atoms with Crippen molar-refractivity contribution in [2.75, 3.05) is 36.4 Å². The van der Waals surface area contributed by atoms with Gasteiger partial charge in [-0.05, 0) is 31.2 Å². The van der Waals surface area contributed by atoms with Crippen LogP contribution in [0.4, 0.5) is 11.6 Å². The van der Waals surface area contributed by atoms with Crippen molar-refractivity contribution >= 4 is 35.1 Å². The summed E-state index contributed by atoms with van der Waals surface area (Å²) in [6.45, 7) is 5.91. The fraction of sp³-hybridized carbons (Fsp3) is 0.333. The third-order valence-corrected chi connectivity index (χ3v) is 4.40. The molecule has 1 aromatic heterocycles. The quantitative estimate of drug-likeness (QED) is 0.893. The Morgan fingerprint density at radius 3 is 2.50 bits per heavy atom. The minimum absolute atomic E-state index is 0.0661. The maximum absolute atomic E-state index is 12.5. The Hall–Kier alpha value is -2.67. The van der Waals surface area contributed by atoms with Gasteiger partial charge in [0.1, 0.15) is 5.69 Å². The molecule has 0 unspecified atom stereocenters. The molecule has 1 fully saturated rings. The summed E-state index contributed by atoms with van der Waals surface area (Å²) in [4.78, 5) is 36.6. The number of carbonyl (C=O) groups excluding carboxylic acids is 2. The van der Waals surface area contributed by atoms with E-state index in [0.29, 0.717) is 54.2 Å². The van der Waals surface area contributed by atoms with E-state index in [-0.39, 0.29) is 11.8 Å². The van der Waals surface area contributed by atoms with E-state index in [0.717, 1.165) is 0 Å². The van der Waals surface area contributed by atoms with Crippen molar-refractivity contribution in [3.05, 3.63) is 46.7 Å². The number of benzene rings is 1. The molecule has 2 aromatic rings. The predicted molar refractivity (Wildman–Crippen MR) is 101 cm³/mol. The third kappa shape index (κ3) is 4.29. The number of hydrogen-bond donors (Lipinski definition) is 1. The summed E-state index contributed by atoms with van der Waals surface area (Å²) in [5.74, 6) is 0.252. The average molecular weight is 374 g/mol. The van der Waals surface area contributed by atoms with E-state index < -0.39 is 0 Å². The number of nitrogens with one attached hydrogen (secondary N) is 1. The fourth-order valence-electron chi connectivity index (χ4n) is 2.79. The molecule has 0 atom stereocenters. The van der Waals surface area contributed by atoms with Gasteiger partial charge in [0.25, 0.3) is 5.91 Å². The van der Waals surface area contributed by atoms with Crippen molar-refractivity contribution in [2.45, 2.75) is 13.8 Å². The van der Waals surface area contributed by atoms with Gasteiger partial charge in [-0.15, -0.1) is 0 Å². The van der Waals surface area contributed by atoms with Crippen LogP contribution in [0.3, 0.4) is 0 Å². The number of amides is 2. The van der Waals surface area contributed by atoms with E-state index in [1.807, 2.05) is 11.8 Å². The standard InChI is InChI=1S/C18H20ClN5O2/c1-12-10-16(17(26)21-15-5-3-4-14(19)11-15)22-18(20-12)24-8-6-23(7-9-24)13(2)25/h3-5,10-11H,6-9H2,1-2H3,(H,21,26). The van der Waals surface area contributed by atoms with Crippen LogP contribution in [0.5, 0.6) is 0 Å². The van der Waals surface area contributed by atoms with E-state index in [1.54, 1.807) is 42.2 Å². The Morgan fingerprint density at radius 1 is 1.12 bits per heavy atom. The van der Waals surface area contributed by atoms with Crippen LogP contribution in [0.25, 0.3) is 0 Å². The summed E-state index contributed by atoms with van der Waals surface area (Å²) in [6.07, 6.45) is 0. The van der Waals surface area contributed by atoms with Crippen molar-refractivity contribution < 1.29 is 9.59 Å². The van der Waals surface area contributed by atoms with Crippen molar-refractivity contribution in [3.63, 3.8) is 0 Å². The Labute approximate surface area is 157 Å². The number of halogens is 1. The molecule has 1 aliphatic rings. The summed E-state index contributed by atoms with van der Waals surface area (Å²) >= 11 is 5.95. The van der Waals surface area contributed by atoms with Crippen LogP contribution in [0.15, 0.2) is 30.3 Å². The molecule has 2 heterocycles. The summed E-state index contributed by atoms with van der Waals surface area (Å²) in [6, 6.07) is 8.60. The molecule has 0 bridgehead atoms. The Bertz CT molecular complexity index is 834. The number of anilines is 2. The van der Waals surface area contributed by atoms with Crippen LogP contribution in [0.2, 0.25) is 5.02 Å². The second-order valence-electron chi connectivity index (χ2n) is 6.15. The summed E-state index contributed by atoms with van der Waals surface area (Å²) in [5, 5.41) is 3.34. The molecule has 1 N–H and O–H groups in total. The van der Waals surface area contributed by atoms with Crippen LogP contribution in [-0.2, 0) is 4.79 Å². The molecular weight excluding hydrogens is 354 g/mol. The molecule has 0 aliphatic carbocycles. The average Bonchev–Trinajstić information content (AvgIpc) is 2.61. The van der Waals surface area contributed by atoms with E-state index in [4.69, 9.17) is 11.6 Å². The van der Waals surface area contributed by atoms with Gasteiger partial charge >= 0.3 is 0 Å². The Kier molecular flexibility index (Phi) is 5.37. The topological polar surface area (TPSA) is 78.4 Å². The maximum atomic E-state index is 12.5. The largest absolute Gasteiger partial charge is 0.339 e. The molecule has 0 spiro atoms. The van der Waals surface area contributed by atoms with Gasteiger partial charge in [-0.1, -0.05) is 17.7 Å². The van der Waals surface area contributed by atoms with Crippen LogP contribution in [-0.4, -0.2) is 52.9 Å². The van der Waals surface area contributed by atoms with E-state index in [2.05, 4.69) is 15.3 Å². The maximum Gasteiger partial charge on any atom is 0.274 e.